The van der Waals surface area contributed by atoms with Crippen molar-refractivity contribution in [2.75, 3.05) is 5.75 Å². The molecule has 6 nitrogen and oxygen atoms in total. The van der Waals surface area contributed by atoms with Crippen molar-refractivity contribution in [3.63, 3.8) is 0 Å². The molecule has 0 aliphatic carbocycles. The normalized spacial score (nSPS) is 11.1. The van der Waals surface area contributed by atoms with Gasteiger partial charge in [-0.3, -0.25) is 14.4 Å². The highest BCUT2D eigenvalue weighted by Gasteiger charge is 2.20. The number of H-pyrrole nitrogens is 1. The molecule has 0 aliphatic heterocycles. The SMILES string of the molecule is CC(=O)c1ccc(SCC(=O)N(Cc2nc3ccccc3c(=O)[nH]2)C(C)C)c(F)c1. The van der Waals surface area contributed by atoms with Gasteiger partial charge < -0.3 is 9.88 Å². The van der Waals surface area contributed by atoms with Gasteiger partial charge in [-0.05, 0) is 45.0 Å². The average Bonchev–Trinajstić information content (AvgIpc) is 2.70. The fraction of sp³-hybridized carbons (Fsp3) is 0.273. The molecule has 8 heteroatoms. The standard InChI is InChI=1S/C22H22FN3O3S/c1-13(2)26(11-20-24-18-7-5-4-6-16(18)22(29)25-20)21(28)12-30-19-9-8-15(14(3)27)10-17(19)23/h4-10,13H,11-12H2,1-3H3,(H,24,25,29). The summed E-state index contributed by atoms with van der Waals surface area (Å²) < 4.78 is 14.2. The Labute approximate surface area is 177 Å². The number of amides is 1. The van der Waals surface area contributed by atoms with Crippen LogP contribution in [-0.4, -0.2) is 38.4 Å². The monoisotopic (exact) mass is 427 g/mol. The summed E-state index contributed by atoms with van der Waals surface area (Å²) in [4.78, 5) is 45.5. The van der Waals surface area contributed by atoms with E-state index in [2.05, 4.69) is 9.97 Å². The molecular weight excluding hydrogens is 405 g/mol. The predicted molar refractivity (Wildman–Crippen MR) is 115 cm³/mol. The number of ketones is 1. The zero-order chi connectivity index (χ0) is 21.8. The van der Waals surface area contributed by atoms with Crippen LogP contribution < -0.4 is 5.56 Å². The van der Waals surface area contributed by atoms with Gasteiger partial charge in [0, 0.05) is 16.5 Å². The van der Waals surface area contributed by atoms with E-state index >= 15 is 0 Å². The van der Waals surface area contributed by atoms with Crippen LogP contribution in [0.15, 0.2) is 52.2 Å². The number of halogens is 1. The summed E-state index contributed by atoms with van der Waals surface area (Å²) in [6.07, 6.45) is 0. The number of rotatable bonds is 7. The number of nitrogens with zero attached hydrogens (tertiary/aromatic N) is 2. The van der Waals surface area contributed by atoms with E-state index in [4.69, 9.17) is 0 Å². The Hall–Kier alpha value is -3.00. The van der Waals surface area contributed by atoms with E-state index in [9.17, 15) is 18.8 Å². The van der Waals surface area contributed by atoms with Crippen LogP contribution in [0.3, 0.4) is 0 Å². The van der Waals surface area contributed by atoms with Gasteiger partial charge in [-0.15, -0.1) is 11.8 Å². The molecule has 0 radical (unpaired) electrons. The molecule has 1 aromatic heterocycles. The predicted octanol–water partition coefficient (Wildman–Crippen LogP) is 3.79. The van der Waals surface area contributed by atoms with Gasteiger partial charge in [0.15, 0.2) is 5.78 Å². The average molecular weight is 428 g/mol. The molecule has 1 amide bonds. The molecule has 0 atom stereocenters. The summed E-state index contributed by atoms with van der Waals surface area (Å²) in [6, 6.07) is 11.1. The summed E-state index contributed by atoms with van der Waals surface area (Å²) in [7, 11) is 0. The molecule has 1 N–H and O–H groups in total. The molecule has 2 aromatic carbocycles. The summed E-state index contributed by atoms with van der Waals surface area (Å²) in [5.41, 5.74) is 0.599. The van der Waals surface area contributed by atoms with Crippen molar-refractivity contribution in [3.8, 4) is 0 Å². The lowest BCUT2D eigenvalue weighted by Gasteiger charge is -2.26. The van der Waals surface area contributed by atoms with Gasteiger partial charge in [-0.25, -0.2) is 9.37 Å². The van der Waals surface area contributed by atoms with E-state index in [-0.39, 0.29) is 35.6 Å². The first-order valence-corrected chi connectivity index (χ1v) is 10.5. The lowest BCUT2D eigenvalue weighted by atomic mass is 10.1. The quantitative estimate of drug-likeness (QED) is 0.458. The van der Waals surface area contributed by atoms with E-state index in [0.717, 1.165) is 11.8 Å². The third-order valence-corrected chi connectivity index (χ3v) is 5.65. The van der Waals surface area contributed by atoms with Crippen LogP contribution in [0.1, 0.15) is 37.0 Å². The largest absolute Gasteiger partial charge is 0.332 e. The third kappa shape index (κ3) is 4.94. The number of thioether (sulfide) groups is 1. The van der Waals surface area contributed by atoms with Gasteiger partial charge >= 0.3 is 0 Å². The molecule has 0 fully saturated rings. The maximum absolute atomic E-state index is 14.2. The van der Waals surface area contributed by atoms with Crippen LogP contribution in [-0.2, 0) is 11.3 Å². The second-order valence-corrected chi connectivity index (χ2v) is 8.15. The minimum absolute atomic E-state index is 0.0202. The van der Waals surface area contributed by atoms with Crippen molar-refractivity contribution in [1.82, 2.24) is 14.9 Å². The number of fused-ring (bicyclic) bond motifs is 1. The highest BCUT2D eigenvalue weighted by atomic mass is 32.2. The summed E-state index contributed by atoms with van der Waals surface area (Å²) in [5, 5.41) is 0.490. The third-order valence-electron chi connectivity index (χ3n) is 4.62. The first-order chi connectivity index (χ1) is 14.3. The molecule has 156 valence electrons. The van der Waals surface area contributed by atoms with E-state index in [0.29, 0.717) is 27.2 Å². The Morgan fingerprint density at radius 1 is 1.20 bits per heavy atom. The van der Waals surface area contributed by atoms with E-state index < -0.39 is 5.82 Å². The smallest absolute Gasteiger partial charge is 0.258 e. The number of hydrogen-bond acceptors (Lipinski definition) is 5. The van der Waals surface area contributed by atoms with E-state index in [1.807, 2.05) is 13.8 Å². The molecule has 0 bridgehead atoms. The Bertz CT molecular complexity index is 1160. The number of carbonyl (C=O) groups is 2. The zero-order valence-corrected chi connectivity index (χ0v) is 17.8. The number of para-hydroxylation sites is 1. The number of benzene rings is 2. The lowest BCUT2D eigenvalue weighted by molar-refractivity contribution is -0.130. The van der Waals surface area contributed by atoms with Crippen molar-refractivity contribution in [2.45, 2.75) is 38.3 Å². The van der Waals surface area contributed by atoms with Crippen LogP contribution in [0, 0.1) is 5.82 Å². The summed E-state index contributed by atoms with van der Waals surface area (Å²) in [6.45, 7) is 5.24. The number of aromatic amines is 1. The van der Waals surface area contributed by atoms with Crippen LogP contribution in [0.5, 0.6) is 0 Å². The number of aromatic nitrogens is 2. The summed E-state index contributed by atoms with van der Waals surface area (Å²) in [5.74, 6) is -0.545. The second kappa shape index (κ2) is 9.21. The van der Waals surface area contributed by atoms with Crippen molar-refractivity contribution in [3.05, 3.63) is 70.0 Å². The molecule has 3 aromatic rings. The van der Waals surface area contributed by atoms with E-state index in [1.165, 1.54) is 19.1 Å². The Morgan fingerprint density at radius 3 is 2.60 bits per heavy atom. The molecule has 0 saturated carbocycles. The molecule has 1 heterocycles. The fourth-order valence-corrected chi connectivity index (χ4v) is 3.80. The lowest BCUT2D eigenvalue weighted by Crippen LogP contribution is -2.38. The molecule has 0 spiro atoms. The van der Waals surface area contributed by atoms with Crippen molar-refractivity contribution in [1.29, 1.82) is 0 Å². The Morgan fingerprint density at radius 2 is 1.93 bits per heavy atom. The fourth-order valence-electron chi connectivity index (χ4n) is 2.99. The highest BCUT2D eigenvalue weighted by Crippen LogP contribution is 2.24. The van der Waals surface area contributed by atoms with Crippen molar-refractivity contribution in [2.24, 2.45) is 0 Å². The van der Waals surface area contributed by atoms with Crippen molar-refractivity contribution < 1.29 is 14.0 Å². The molecule has 30 heavy (non-hydrogen) atoms. The number of nitrogens with one attached hydrogen (secondary N) is 1. The molecular formula is C22H22FN3O3S. The van der Waals surface area contributed by atoms with Gasteiger partial charge in [0.05, 0.1) is 23.2 Å². The molecule has 3 rings (SSSR count). The van der Waals surface area contributed by atoms with Gasteiger partial charge in [0.25, 0.3) is 5.56 Å². The van der Waals surface area contributed by atoms with Gasteiger partial charge in [0.1, 0.15) is 11.6 Å². The first-order valence-electron chi connectivity index (χ1n) is 9.47. The van der Waals surface area contributed by atoms with Crippen LogP contribution in [0.2, 0.25) is 0 Å². The zero-order valence-electron chi connectivity index (χ0n) is 16.9. The maximum atomic E-state index is 14.2. The first kappa shape index (κ1) is 21.7. The van der Waals surface area contributed by atoms with Crippen molar-refractivity contribution >= 4 is 34.4 Å². The van der Waals surface area contributed by atoms with Crippen LogP contribution in [0.25, 0.3) is 10.9 Å². The van der Waals surface area contributed by atoms with Gasteiger partial charge in [-0.1, -0.05) is 18.2 Å². The topological polar surface area (TPSA) is 83.1 Å². The minimum atomic E-state index is -0.530. The highest BCUT2D eigenvalue weighted by molar-refractivity contribution is 8.00. The van der Waals surface area contributed by atoms with E-state index in [1.54, 1.807) is 35.2 Å². The molecule has 0 saturated heterocycles. The van der Waals surface area contributed by atoms with Gasteiger partial charge in [-0.2, -0.15) is 0 Å². The molecule has 0 unspecified atom stereocenters. The minimum Gasteiger partial charge on any atom is -0.332 e. The molecule has 0 aliphatic rings. The van der Waals surface area contributed by atoms with Gasteiger partial charge in [0.2, 0.25) is 5.91 Å². The maximum Gasteiger partial charge on any atom is 0.258 e. The van der Waals surface area contributed by atoms with Crippen LogP contribution in [0.4, 0.5) is 4.39 Å². The number of Topliss-reactive ketones (excluding diaryl/α,β-unsaturated/α-hetero) is 1. The summed E-state index contributed by atoms with van der Waals surface area (Å²) >= 11 is 1.07. The number of hydrogen-bond donors (Lipinski definition) is 1. The number of carbonyl (C=O) groups excluding carboxylic acids is 2. The van der Waals surface area contributed by atoms with Crippen LogP contribution >= 0.6 is 11.8 Å². The Kier molecular flexibility index (Phi) is 6.66. The Balaban J connectivity index is 1.74. The second-order valence-electron chi connectivity index (χ2n) is 7.14.